The van der Waals surface area contributed by atoms with Crippen molar-refractivity contribution in [2.24, 2.45) is 0 Å². The second-order valence-corrected chi connectivity index (χ2v) is 4.70. The van der Waals surface area contributed by atoms with Crippen molar-refractivity contribution < 1.29 is 4.74 Å². The first kappa shape index (κ1) is 11.0. The van der Waals surface area contributed by atoms with Gasteiger partial charge in [-0.05, 0) is 27.2 Å². The van der Waals surface area contributed by atoms with Crippen LogP contribution < -0.4 is 0 Å². The van der Waals surface area contributed by atoms with Gasteiger partial charge in [-0.15, -0.1) is 0 Å². The summed E-state index contributed by atoms with van der Waals surface area (Å²) in [5.74, 6) is 0. The highest BCUT2D eigenvalue weighted by Crippen LogP contribution is 2.24. The second kappa shape index (κ2) is 3.62. The van der Waals surface area contributed by atoms with E-state index in [1.807, 2.05) is 13.8 Å². The van der Waals surface area contributed by atoms with Crippen molar-refractivity contribution in [1.29, 1.82) is 0 Å². The van der Waals surface area contributed by atoms with Crippen molar-refractivity contribution in [3.63, 3.8) is 0 Å². The molecule has 0 N–H and O–H groups in total. The maximum absolute atomic E-state index is 5.78. The molecule has 0 aromatic heterocycles. The van der Waals surface area contributed by atoms with E-state index < -0.39 is 0 Å². The van der Waals surface area contributed by atoms with Gasteiger partial charge in [0, 0.05) is 6.61 Å². The summed E-state index contributed by atoms with van der Waals surface area (Å²) in [5, 5.41) is -0.106. The maximum atomic E-state index is 5.78. The van der Waals surface area contributed by atoms with Gasteiger partial charge in [0.15, 0.2) is 0 Å². The van der Waals surface area contributed by atoms with Crippen LogP contribution in [0.1, 0.15) is 41.0 Å². The van der Waals surface area contributed by atoms with E-state index >= 15 is 0 Å². The first-order valence-electron chi connectivity index (χ1n) is 4.14. The minimum Gasteiger partial charge on any atom is -0.376 e. The smallest absolute Gasteiger partial charge is 0.0739 e. The van der Waals surface area contributed by atoms with Gasteiger partial charge in [-0.2, -0.15) is 0 Å². The summed E-state index contributed by atoms with van der Waals surface area (Å²) < 4.78 is 5.53. The van der Waals surface area contributed by atoms with Crippen LogP contribution in [0.4, 0.5) is 0 Å². The highest BCUT2D eigenvalue weighted by atomic mass is 16.5. The van der Waals surface area contributed by atoms with E-state index in [4.69, 9.17) is 12.6 Å². The van der Waals surface area contributed by atoms with E-state index in [-0.39, 0.29) is 10.9 Å². The molecule has 0 aromatic rings. The second-order valence-electron chi connectivity index (χ2n) is 4.70. The zero-order valence-corrected chi connectivity index (χ0v) is 8.40. The summed E-state index contributed by atoms with van der Waals surface area (Å²) in [7, 11) is 5.78. The summed E-state index contributed by atoms with van der Waals surface area (Å²) in [5.41, 5.74) is -0.0365. The van der Waals surface area contributed by atoms with Crippen LogP contribution >= 0.6 is 0 Å². The molecule has 11 heavy (non-hydrogen) atoms. The molecule has 0 fully saturated rings. The van der Waals surface area contributed by atoms with Crippen LogP contribution in [0.2, 0.25) is 5.31 Å². The molecular weight excluding hydrogens is 135 g/mol. The Hall–Kier alpha value is 0.0249. The molecule has 0 aliphatic heterocycles. The molecule has 64 valence electrons. The van der Waals surface area contributed by atoms with E-state index in [1.165, 1.54) is 0 Å². The summed E-state index contributed by atoms with van der Waals surface area (Å²) in [6.07, 6.45) is 0.907. The molecule has 0 heterocycles. The molecule has 0 saturated carbocycles. The van der Waals surface area contributed by atoms with Crippen LogP contribution in [0, 0.1) is 0 Å². The average Bonchev–Trinajstić information content (AvgIpc) is 1.55. The van der Waals surface area contributed by atoms with Crippen LogP contribution in [0.3, 0.4) is 0 Å². The van der Waals surface area contributed by atoms with Crippen molar-refractivity contribution in [1.82, 2.24) is 0 Å². The Morgan fingerprint density at radius 1 is 1.09 bits per heavy atom. The quantitative estimate of drug-likeness (QED) is 0.567. The number of ether oxygens (including phenoxy) is 1. The van der Waals surface area contributed by atoms with Crippen LogP contribution in [0.15, 0.2) is 0 Å². The van der Waals surface area contributed by atoms with Crippen molar-refractivity contribution in [2.45, 2.75) is 52.0 Å². The molecule has 0 spiro atoms. The van der Waals surface area contributed by atoms with Crippen LogP contribution in [-0.4, -0.2) is 20.1 Å². The number of hydrogen-bond donors (Lipinski definition) is 0. The summed E-state index contributed by atoms with van der Waals surface area (Å²) >= 11 is 0. The van der Waals surface area contributed by atoms with E-state index in [0.717, 1.165) is 13.0 Å². The van der Waals surface area contributed by atoms with Crippen LogP contribution in [0.25, 0.3) is 0 Å². The lowest BCUT2D eigenvalue weighted by molar-refractivity contribution is -0.00685. The Balaban J connectivity index is 3.44. The minimum atomic E-state index is -0.106. The molecule has 0 atom stereocenters. The van der Waals surface area contributed by atoms with E-state index in [0.29, 0.717) is 0 Å². The zero-order valence-electron chi connectivity index (χ0n) is 8.40. The Bertz CT molecular complexity index is 93.7. The molecule has 2 radical (unpaired) electrons. The van der Waals surface area contributed by atoms with Gasteiger partial charge >= 0.3 is 0 Å². The zero-order chi connectivity index (χ0) is 9.12. The Labute approximate surface area is 71.9 Å². The fraction of sp³-hybridized carbons (Fsp3) is 1.00. The lowest BCUT2D eigenvalue weighted by atomic mass is 9.70. The van der Waals surface area contributed by atoms with Crippen molar-refractivity contribution in [3.05, 3.63) is 0 Å². The van der Waals surface area contributed by atoms with Crippen molar-refractivity contribution in [3.8, 4) is 0 Å². The van der Waals surface area contributed by atoms with Crippen molar-refractivity contribution >= 4 is 7.85 Å². The standard InChI is InChI=1S/C9H19BO/c1-8(2,3)11-7-6-9(4,5)10/h6-7H2,1-5H3. The van der Waals surface area contributed by atoms with Gasteiger partial charge in [-0.25, -0.2) is 0 Å². The fourth-order valence-electron chi connectivity index (χ4n) is 0.620. The fourth-order valence-corrected chi connectivity index (χ4v) is 0.620. The lowest BCUT2D eigenvalue weighted by Crippen LogP contribution is -2.21. The summed E-state index contributed by atoms with van der Waals surface area (Å²) in [6.45, 7) is 10.9. The predicted octanol–water partition coefficient (Wildman–Crippen LogP) is 2.56. The normalized spacial score (nSPS) is 13.5. The van der Waals surface area contributed by atoms with Gasteiger partial charge in [0.1, 0.15) is 0 Å². The molecule has 0 aliphatic rings. The molecule has 0 aliphatic carbocycles. The first-order chi connectivity index (χ1) is 4.71. The van der Waals surface area contributed by atoms with Gasteiger partial charge in [-0.3, -0.25) is 0 Å². The highest BCUT2D eigenvalue weighted by Gasteiger charge is 2.13. The summed E-state index contributed by atoms with van der Waals surface area (Å²) in [6, 6.07) is 0. The van der Waals surface area contributed by atoms with Crippen LogP contribution in [0.5, 0.6) is 0 Å². The molecular formula is C9H19BO. The van der Waals surface area contributed by atoms with Crippen molar-refractivity contribution in [2.75, 3.05) is 6.61 Å². The maximum Gasteiger partial charge on any atom is 0.0739 e. The Morgan fingerprint density at radius 2 is 1.55 bits per heavy atom. The van der Waals surface area contributed by atoms with Gasteiger partial charge in [0.05, 0.1) is 13.4 Å². The third-order valence-corrected chi connectivity index (χ3v) is 1.28. The average molecular weight is 154 g/mol. The van der Waals surface area contributed by atoms with E-state index in [2.05, 4.69) is 20.8 Å². The molecule has 0 unspecified atom stereocenters. The molecule has 0 saturated heterocycles. The lowest BCUT2D eigenvalue weighted by Gasteiger charge is -2.24. The summed E-state index contributed by atoms with van der Waals surface area (Å²) in [4.78, 5) is 0. The van der Waals surface area contributed by atoms with Gasteiger partial charge in [-0.1, -0.05) is 19.2 Å². The van der Waals surface area contributed by atoms with E-state index in [9.17, 15) is 0 Å². The monoisotopic (exact) mass is 154 g/mol. The predicted molar refractivity (Wildman–Crippen MR) is 50.1 cm³/mol. The minimum absolute atomic E-state index is 0.0365. The molecule has 0 bridgehead atoms. The molecule has 0 amide bonds. The Kier molecular flexibility index (Phi) is 3.63. The number of rotatable bonds is 3. The molecule has 1 nitrogen and oxygen atoms in total. The first-order valence-corrected chi connectivity index (χ1v) is 4.14. The largest absolute Gasteiger partial charge is 0.376 e. The van der Waals surface area contributed by atoms with Gasteiger partial charge in [0.2, 0.25) is 0 Å². The van der Waals surface area contributed by atoms with Gasteiger partial charge < -0.3 is 4.74 Å². The topological polar surface area (TPSA) is 9.23 Å². The van der Waals surface area contributed by atoms with Gasteiger partial charge in [0.25, 0.3) is 0 Å². The molecule has 0 rings (SSSR count). The third-order valence-electron chi connectivity index (χ3n) is 1.28. The van der Waals surface area contributed by atoms with E-state index in [1.54, 1.807) is 0 Å². The SMILES string of the molecule is [B]C(C)(C)CCOC(C)(C)C. The molecule has 0 aromatic carbocycles. The van der Waals surface area contributed by atoms with Crippen LogP contribution in [-0.2, 0) is 4.74 Å². The Morgan fingerprint density at radius 3 is 1.82 bits per heavy atom. The highest BCUT2D eigenvalue weighted by molar-refractivity contribution is 6.14. The third kappa shape index (κ3) is 10.0. The number of hydrogen-bond acceptors (Lipinski definition) is 1. The molecule has 2 heteroatoms.